The second-order valence-corrected chi connectivity index (χ2v) is 8.69. The number of amides is 1. The zero-order valence-corrected chi connectivity index (χ0v) is 19.0. The lowest BCUT2D eigenvalue weighted by Crippen LogP contribution is -2.33. The molecule has 1 aromatic heterocycles. The number of fused-ring (bicyclic) bond motifs is 1. The molecule has 0 unspecified atom stereocenters. The fourth-order valence-electron chi connectivity index (χ4n) is 3.39. The molecule has 30 heavy (non-hydrogen) atoms. The molecule has 0 radical (unpaired) electrons. The Morgan fingerprint density at radius 2 is 1.97 bits per heavy atom. The van der Waals surface area contributed by atoms with E-state index in [4.69, 9.17) is 28.2 Å². The molecule has 3 aromatic rings. The summed E-state index contributed by atoms with van der Waals surface area (Å²) < 4.78 is 15.7. The number of hydrogen-bond acceptors (Lipinski definition) is 2. The first-order valence-corrected chi connectivity index (χ1v) is 10.9. The van der Waals surface area contributed by atoms with E-state index >= 15 is 0 Å². The lowest BCUT2D eigenvalue weighted by molar-refractivity contribution is 0.0729. The summed E-state index contributed by atoms with van der Waals surface area (Å²) in [6.07, 6.45) is 1.78. The number of benzene rings is 2. The van der Waals surface area contributed by atoms with Gasteiger partial charge in [0.1, 0.15) is 11.6 Å². The van der Waals surface area contributed by atoms with Crippen molar-refractivity contribution < 1.29 is 9.18 Å². The van der Waals surface area contributed by atoms with E-state index in [0.717, 1.165) is 36.2 Å². The molecule has 0 spiro atoms. The van der Waals surface area contributed by atoms with Crippen LogP contribution in [0.4, 0.5) is 4.39 Å². The lowest BCUT2D eigenvalue weighted by Gasteiger charge is -2.24. The Bertz CT molecular complexity index is 1050. The summed E-state index contributed by atoms with van der Waals surface area (Å²) in [5.41, 5.74) is 2.18. The van der Waals surface area contributed by atoms with Crippen LogP contribution < -0.4 is 0 Å². The zero-order chi connectivity index (χ0) is 21.8. The molecule has 3 rings (SSSR count). The molecule has 2 aromatic carbocycles. The molecule has 0 aliphatic carbocycles. The SMILES string of the molecule is CCCn1c(CN(CCC(C)C)C(=O)c2ccc(F)c(Cl)c2)nc2ccc(Cl)cc21. The average Bonchev–Trinajstić information content (AvgIpc) is 3.03. The minimum Gasteiger partial charge on any atom is -0.331 e. The van der Waals surface area contributed by atoms with Crippen LogP contribution in [0.15, 0.2) is 36.4 Å². The molecule has 0 bridgehead atoms. The van der Waals surface area contributed by atoms with Crippen molar-refractivity contribution >= 4 is 40.1 Å². The quantitative estimate of drug-likeness (QED) is 0.389. The second kappa shape index (κ2) is 9.80. The molecule has 4 nitrogen and oxygen atoms in total. The highest BCUT2D eigenvalue weighted by molar-refractivity contribution is 6.31. The fraction of sp³-hybridized carbons (Fsp3) is 0.391. The number of imidazole rings is 1. The van der Waals surface area contributed by atoms with Crippen molar-refractivity contribution in [3.63, 3.8) is 0 Å². The van der Waals surface area contributed by atoms with E-state index < -0.39 is 5.82 Å². The monoisotopic (exact) mass is 449 g/mol. The molecule has 0 atom stereocenters. The van der Waals surface area contributed by atoms with Crippen LogP contribution in [-0.4, -0.2) is 26.9 Å². The maximum atomic E-state index is 13.6. The van der Waals surface area contributed by atoms with E-state index in [0.29, 0.717) is 29.6 Å². The average molecular weight is 450 g/mol. The minimum atomic E-state index is -0.538. The molecule has 0 saturated carbocycles. The third kappa shape index (κ3) is 5.13. The number of carbonyl (C=O) groups is 1. The van der Waals surface area contributed by atoms with Crippen LogP contribution in [0.2, 0.25) is 10.0 Å². The van der Waals surface area contributed by atoms with E-state index in [-0.39, 0.29) is 10.9 Å². The lowest BCUT2D eigenvalue weighted by atomic mass is 10.1. The van der Waals surface area contributed by atoms with Crippen LogP contribution in [0.25, 0.3) is 11.0 Å². The van der Waals surface area contributed by atoms with Crippen molar-refractivity contribution in [2.75, 3.05) is 6.54 Å². The van der Waals surface area contributed by atoms with Crippen LogP contribution in [0.1, 0.15) is 49.8 Å². The van der Waals surface area contributed by atoms with Crippen molar-refractivity contribution in [2.24, 2.45) is 5.92 Å². The number of aryl methyl sites for hydroxylation is 1. The Hall–Kier alpha value is -2.11. The summed E-state index contributed by atoms with van der Waals surface area (Å²) in [6, 6.07) is 9.71. The Morgan fingerprint density at radius 3 is 2.63 bits per heavy atom. The maximum absolute atomic E-state index is 13.6. The molecule has 160 valence electrons. The summed E-state index contributed by atoms with van der Waals surface area (Å²) in [5.74, 6) is 0.513. The van der Waals surface area contributed by atoms with Gasteiger partial charge in [0.05, 0.1) is 22.6 Å². The number of nitrogens with zero attached hydrogens (tertiary/aromatic N) is 3. The molecule has 0 aliphatic heterocycles. The van der Waals surface area contributed by atoms with E-state index in [1.165, 1.54) is 18.2 Å². The van der Waals surface area contributed by atoms with Crippen molar-refractivity contribution in [1.82, 2.24) is 14.5 Å². The van der Waals surface area contributed by atoms with Gasteiger partial charge in [-0.2, -0.15) is 0 Å². The van der Waals surface area contributed by atoms with Crippen molar-refractivity contribution in [3.8, 4) is 0 Å². The first-order chi connectivity index (χ1) is 14.3. The fourth-order valence-corrected chi connectivity index (χ4v) is 3.74. The van der Waals surface area contributed by atoms with Gasteiger partial charge >= 0.3 is 0 Å². The Labute approximate surface area is 186 Å². The highest BCUT2D eigenvalue weighted by Gasteiger charge is 2.21. The summed E-state index contributed by atoms with van der Waals surface area (Å²) in [5, 5.41) is 0.595. The predicted molar refractivity (Wildman–Crippen MR) is 121 cm³/mol. The van der Waals surface area contributed by atoms with E-state index in [1.54, 1.807) is 4.90 Å². The third-order valence-corrected chi connectivity index (χ3v) is 5.52. The molecule has 0 aliphatic rings. The van der Waals surface area contributed by atoms with Crippen molar-refractivity contribution in [3.05, 3.63) is 63.6 Å². The van der Waals surface area contributed by atoms with Gasteiger partial charge in [-0.1, -0.05) is 44.0 Å². The molecule has 0 fully saturated rings. The predicted octanol–water partition coefficient (Wildman–Crippen LogP) is 6.58. The first-order valence-electron chi connectivity index (χ1n) is 10.2. The standard InChI is InChI=1S/C23H26Cl2FN3O/c1-4-10-29-21-13-17(24)6-8-20(21)27-22(29)14-28(11-9-15(2)3)23(30)16-5-7-19(26)18(25)12-16/h5-8,12-13,15H,4,9-11,14H2,1-3H3. The van der Waals surface area contributed by atoms with Crippen molar-refractivity contribution in [1.29, 1.82) is 0 Å². The summed E-state index contributed by atoms with van der Waals surface area (Å²) in [4.78, 5) is 19.8. The normalized spacial score (nSPS) is 11.4. The summed E-state index contributed by atoms with van der Waals surface area (Å²) >= 11 is 12.1. The molecule has 1 amide bonds. The topological polar surface area (TPSA) is 38.1 Å². The van der Waals surface area contributed by atoms with Crippen LogP contribution >= 0.6 is 23.2 Å². The maximum Gasteiger partial charge on any atom is 0.254 e. The van der Waals surface area contributed by atoms with E-state index in [2.05, 4.69) is 25.3 Å². The van der Waals surface area contributed by atoms with Crippen LogP contribution in [-0.2, 0) is 13.1 Å². The van der Waals surface area contributed by atoms with Gasteiger partial charge in [0.2, 0.25) is 0 Å². The van der Waals surface area contributed by atoms with Gasteiger partial charge in [-0.25, -0.2) is 9.37 Å². The number of hydrogen-bond donors (Lipinski definition) is 0. The Morgan fingerprint density at radius 1 is 1.20 bits per heavy atom. The third-order valence-electron chi connectivity index (χ3n) is 5.00. The van der Waals surface area contributed by atoms with Gasteiger partial charge in [0, 0.05) is 23.7 Å². The van der Waals surface area contributed by atoms with Crippen LogP contribution in [0.3, 0.4) is 0 Å². The molecule has 7 heteroatoms. The van der Waals surface area contributed by atoms with Crippen LogP contribution in [0.5, 0.6) is 0 Å². The van der Waals surface area contributed by atoms with Gasteiger partial charge in [0.15, 0.2) is 0 Å². The molecule has 1 heterocycles. The molecular formula is C23H26Cl2FN3O. The Balaban J connectivity index is 1.97. The van der Waals surface area contributed by atoms with Gasteiger partial charge in [0.25, 0.3) is 5.91 Å². The molecular weight excluding hydrogens is 424 g/mol. The highest BCUT2D eigenvalue weighted by atomic mass is 35.5. The second-order valence-electron chi connectivity index (χ2n) is 7.85. The minimum absolute atomic E-state index is 0.0578. The summed E-state index contributed by atoms with van der Waals surface area (Å²) in [6.45, 7) is 8.04. The van der Waals surface area contributed by atoms with Gasteiger partial charge in [-0.05, 0) is 55.2 Å². The number of halogens is 3. The molecule has 0 saturated heterocycles. The zero-order valence-electron chi connectivity index (χ0n) is 17.5. The number of rotatable bonds is 8. The first kappa shape index (κ1) is 22.6. The van der Waals surface area contributed by atoms with Crippen LogP contribution in [0, 0.1) is 11.7 Å². The number of aromatic nitrogens is 2. The summed E-state index contributed by atoms with van der Waals surface area (Å²) in [7, 11) is 0. The van der Waals surface area contributed by atoms with Crippen molar-refractivity contribution in [2.45, 2.75) is 46.7 Å². The smallest absolute Gasteiger partial charge is 0.254 e. The Kier molecular flexibility index (Phi) is 7.37. The van der Waals surface area contributed by atoms with E-state index in [9.17, 15) is 9.18 Å². The largest absolute Gasteiger partial charge is 0.331 e. The molecule has 0 N–H and O–H groups in total. The van der Waals surface area contributed by atoms with Gasteiger partial charge in [-0.3, -0.25) is 4.79 Å². The highest BCUT2D eigenvalue weighted by Crippen LogP contribution is 2.24. The van der Waals surface area contributed by atoms with E-state index in [1.807, 2.05) is 18.2 Å². The van der Waals surface area contributed by atoms with Gasteiger partial charge in [-0.15, -0.1) is 0 Å². The number of carbonyl (C=O) groups excluding carboxylic acids is 1. The van der Waals surface area contributed by atoms with Gasteiger partial charge < -0.3 is 9.47 Å².